The molecule has 146 valence electrons. The van der Waals surface area contributed by atoms with Gasteiger partial charge in [-0.1, -0.05) is 65.4 Å². The van der Waals surface area contributed by atoms with Gasteiger partial charge in [-0.25, -0.2) is 9.59 Å². The largest absolute Gasteiger partial charge is 0.462 e. The van der Waals surface area contributed by atoms with Crippen LogP contribution in [0, 0.1) is 0 Å². The number of hydrogen-bond donors (Lipinski definition) is 0. The van der Waals surface area contributed by atoms with Gasteiger partial charge in [0, 0.05) is 0 Å². The van der Waals surface area contributed by atoms with Crippen molar-refractivity contribution in [3.8, 4) is 0 Å². The zero-order valence-corrected chi connectivity index (χ0v) is 16.6. The first-order valence-corrected chi connectivity index (χ1v) is 10.1. The van der Waals surface area contributed by atoms with Crippen molar-refractivity contribution in [1.29, 1.82) is 0 Å². The Morgan fingerprint density at radius 1 is 0.885 bits per heavy atom. The van der Waals surface area contributed by atoms with Gasteiger partial charge in [0.05, 0.1) is 17.7 Å². The van der Waals surface area contributed by atoms with Crippen LogP contribution in [0.15, 0.2) is 24.3 Å². The lowest BCUT2D eigenvalue weighted by Crippen LogP contribution is -2.18. The van der Waals surface area contributed by atoms with E-state index in [1.165, 1.54) is 25.7 Å². The SMILES string of the molecule is CCCCCCCCOC(=O)c1cccc(C(=O)OC(CC)CCC)c1. The fourth-order valence-electron chi connectivity index (χ4n) is 2.79. The molecule has 0 saturated heterocycles. The molecule has 1 atom stereocenters. The van der Waals surface area contributed by atoms with Crippen molar-refractivity contribution in [2.75, 3.05) is 6.61 Å². The second kappa shape index (κ2) is 13.4. The molecule has 1 aromatic rings. The Morgan fingerprint density at radius 3 is 2.19 bits per heavy atom. The predicted molar refractivity (Wildman–Crippen MR) is 105 cm³/mol. The van der Waals surface area contributed by atoms with Crippen molar-refractivity contribution in [1.82, 2.24) is 0 Å². The van der Waals surface area contributed by atoms with Gasteiger partial charge in [0.25, 0.3) is 0 Å². The van der Waals surface area contributed by atoms with Crippen molar-refractivity contribution < 1.29 is 19.1 Å². The van der Waals surface area contributed by atoms with Crippen molar-refractivity contribution in [2.45, 2.75) is 84.7 Å². The first kappa shape index (κ1) is 22.2. The van der Waals surface area contributed by atoms with Crippen molar-refractivity contribution >= 4 is 11.9 Å². The van der Waals surface area contributed by atoms with E-state index in [0.29, 0.717) is 17.7 Å². The van der Waals surface area contributed by atoms with E-state index in [4.69, 9.17) is 9.47 Å². The molecule has 0 radical (unpaired) electrons. The van der Waals surface area contributed by atoms with Crippen LogP contribution in [0.25, 0.3) is 0 Å². The maximum Gasteiger partial charge on any atom is 0.338 e. The van der Waals surface area contributed by atoms with Gasteiger partial charge in [-0.05, 0) is 37.5 Å². The van der Waals surface area contributed by atoms with Crippen LogP contribution in [-0.4, -0.2) is 24.6 Å². The molecule has 0 N–H and O–H groups in total. The molecule has 0 fully saturated rings. The molecule has 0 bridgehead atoms. The molecule has 0 aliphatic heterocycles. The lowest BCUT2D eigenvalue weighted by atomic mass is 10.1. The third-order valence-corrected chi connectivity index (χ3v) is 4.40. The Hall–Kier alpha value is -1.84. The summed E-state index contributed by atoms with van der Waals surface area (Å²) in [5, 5.41) is 0. The molecule has 4 nitrogen and oxygen atoms in total. The summed E-state index contributed by atoms with van der Waals surface area (Å²) >= 11 is 0. The van der Waals surface area contributed by atoms with Gasteiger partial charge in [0.1, 0.15) is 6.10 Å². The number of carbonyl (C=O) groups is 2. The monoisotopic (exact) mass is 362 g/mol. The Morgan fingerprint density at radius 2 is 1.54 bits per heavy atom. The van der Waals surface area contributed by atoms with Gasteiger partial charge in [0.2, 0.25) is 0 Å². The van der Waals surface area contributed by atoms with Crippen LogP contribution in [0.2, 0.25) is 0 Å². The van der Waals surface area contributed by atoms with Crippen molar-refractivity contribution in [2.24, 2.45) is 0 Å². The minimum absolute atomic E-state index is 0.0733. The van der Waals surface area contributed by atoms with E-state index in [-0.39, 0.29) is 18.0 Å². The standard InChI is InChI=1S/C22H34O4/c1-4-7-8-9-10-11-16-25-21(23)18-14-12-15-19(17-18)22(24)26-20(6-3)13-5-2/h12,14-15,17,20H,4-11,13,16H2,1-3H3. The molecule has 1 aromatic carbocycles. The minimum atomic E-state index is -0.381. The molecule has 0 aliphatic rings. The van der Waals surface area contributed by atoms with Crippen LogP contribution >= 0.6 is 0 Å². The third-order valence-electron chi connectivity index (χ3n) is 4.40. The van der Waals surface area contributed by atoms with E-state index in [2.05, 4.69) is 13.8 Å². The van der Waals surface area contributed by atoms with E-state index in [1.807, 2.05) is 6.92 Å². The zero-order valence-electron chi connectivity index (χ0n) is 16.6. The molecule has 0 saturated carbocycles. The number of esters is 2. The molecule has 0 spiro atoms. The molecule has 1 rings (SSSR count). The van der Waals surface area contributed by atoms with E-state index in [9.17, 15) is 9.59 Å². The maximum atomic E-state index is 12.3. The van der Waals surface area contributed by atoms with E-state index in [0.717, 1.165) is 32.1 Å². The van der Waals surface area contributed by atoms with E-state index >= 15 is 0 Å². The van der Waals surface area contributed by atoms with Crippen LogP contribution in [0.1, 0.15) is 99.3 Å². The summed E-state index contributed by atoms with van der Waals surface area (Å²) in [6, 6.07) is 6.60. The summed E-state index contributed by atoms with van der Waals surface area (Å²) in [7, 11) is 0. The zero-order chi connectivity index (χ0) is 19.2. The van der Waals surface area contributed by atoms with Crippen molar-refractivity contribution in [3.63, 3.8) is 0 Å². The third kappa shape index (κ3) is 8.50. The van der Waals surface area contributed by atoms with Crippen molar-refractivity contribution in [3.05, 3.63) is 35.4 Å². The van der Waals surface area contributed by atoms with Crippen LogP contribution in [0.5, 0.6) is 0 Å². The number of carbonyl (C=O) groups excluding carboxylic acids is 2. The molecule has 4 heteroatoms. The second-order valence-electron chi connectivity index (χ2n) is 6.71. The predicted octanol–water partition coefficient (Wildman–Crippen LogP) is 5.94. The normalized spacial score (nSPS) is 11.8. The summed E-state index contributed by atoms with van der Waals surface area (Å²) in [6.07, 6.45) is 9.41. The highest BCUT2D eigenvalue weighted by Crippen LogP contribution is 2.13. The Bertz CT molecular complexity index is 539. The Kier molecular flexibility index (Phi) is 11.4. The van der Waals surface area contributed by atoms with Gasteiger partial charge < -0.3 is 9.47 Å². The molecule has 26 heavy (non-hydrogen) atoms. The van der Waals surface area contributed by atoms with Gasteiger partial charge in [0.15, 0.2) is 0 Å². The average Bonchev–Trinajstić information content (AvgIpc) is 2.66. The van der Waals surface area contributed by atoms with E-state index < -0.39 is 0 Å². The lowest BCUT2D eigenvalue weighted by molar-refractivity contribution is 0.0271. The van der Waals surface area contributed by atoms with Gasteiger partial charge in [-0.3, -0.25) is 0 Å². The molecule has 0 amide bonds. The maximum absolute atomic E-state index is 12.3. The van der Waals surface area contributed by atoms with Crippen LogP contribution in [-0.2, 0) is 9.47 Å². The highest BCUT2D eigenvalue weighted by molar-refractivity contribution is 5.95. The molecule has 0 aromatic heterocycles. The number of ether oxygens (including phenoxy) is 2. The van der Waals surface area contributed by atoms with Crippen LogP contribution in [0.4, 0.5) is 0 Å². The minimum Gasteiger partial charge on any atom is -0.462 e. The fraction of sp³-hybridized carbons (Fsp3) is 0.636. The van der Waals surface area contributed by atoms with Crippen LogP contribution in [0.3, 0.4) is 0 Å². The summed E-state index contributed by atoms with van der Waals surface area (Å²) in [5.41, 5.74) is 0.794. The van der Waals surface area contributed by atoms with E-state index in [1.54, 1.807) is 24.3 Å². The average molecular weight is 363 g/mol. The molecule has 1 unspecified atom stereocenters. The Balaban J connectivity index is 2.47. The summed E-state index contributed by atoms with van der Waals surface area (Å²) in [4.78, 5) is 24.4. The van der Waals surface area contributed by atoms with Crippen LogP contribution < -0.4 is 0 Å². The highest BCUT2D eigenvalue weighted by atomic mass is 16.5. The summed E-state index contributed by atoms with van der Waals surface area (Å²) in [6.45, 7) is 6.69. The highest BCUT2D eigenvalue weighted by Gasteiger charge is 2.16. The molecular formula is C22H34O4. The van der Waals surface area contributed by atoms with Gasteiger partial charge in [-0.15, -0.1) is 0 Å². The summed E-state index contributed by atoms with van der Waals surface area (Å²) < 4.78 is 10.8. The quantitative estimate of drug-likeness (QED) is 0.322. The fourth-order valence-corrected chi connectivity index (χ4v) is 2.79. The molecule has 0 aliphatic carbocycles. The summed E-state index contributed by atoms with van der Waals surface area (Å²) in [5.74, 6) is -0.760. The first-order chi connectivity index (χ1) is 12.6. The number of unbranched alkanes of at least 4 members (excludes halogenated alkanes) is 5. The Labute approximate surface area is 158 Å². The smallest absolute Gasteiger partial charge is 0.338 e. The second-order valence-corrected chi connectivity index (χ2v) is 6.71. The molecular weight excluding hydrogens is 328 g/mol. The number of hydrogen-bond acceptors (Lipinski definition) is 4. The molecule has 0 heterocycles. The lowest BCUT2D eigenvalue weighted by Gasteiger charge is -2.15. The number of benzene rings is 1. The van der Waals surface area contributed by atoms with Gasteiger partial charge in [-0.2, -0.15) is 0 Å². The number of rotatable bonds is 13. The van der Waals surface area contributed by atoms with Gasteiger partial charge >= 0.3 is 11.9 Å². The topological polar surface area (TPSA) is 52.6 Å². The first-order valence-electron chi connectivity index (χ1n) is 10.1.